The Morgan fingerprint density at radius 1 is 1.39 bits per heavy atom. The van der Waals surface area contributed by atoms with Crippen LogP contribution in [0, 0.1) is 0 Å². The molecule has 3 rings (SSSR count). The minimum Gasteiger partial charge on any atom is -0.496 e. The van der Waals surface area contributed by atoms with Crippen molar-refractivity contribution < 1.29 is 9.53 Å². The normalized spacial score (nSPS) is 18.3. The van der Waals surface area contributed by atoms with Crippen LogP contribution < -0.4 is 14.9 Å². The Balaban J connectivity index is 2.00. The molecule has 2 heterocycles. The number of carbonyl (C=O) groups excluding carboxylic acids is 1. The summed E-state index contributed by atoms with van der Waals surface area (Å²) in [4.78, 5) is 19.3. The molecule has 1 amide bonds. The summed E-state index contributed by atoms with van der Waals surface area (Å²) < 4.78 is 7.43. The average molecular weight is 422 g/mol. The summed E-state index contributed by atoms with van der Waals surface area (Å²) in [5, 5.41) is 4.06. The molecule has 0 radical (unpaired) electrons. The third kappa shape index (κ3) is 5.04. The largest absolute Gasteiger partial charge is 0.496 e. The van der Waals surface area contributed by atoms with E-state index < -0.39 is 0 Å². The highest BCUT2D eigenvalue weighted by Gasteiger charge is 2.21. The van der Waals surface area contributed by atoms with Gasteiger partial charge in [0.05, 0.1) is 12.7 Å². The van der Waals surface area contributed by atoms with E-state index in [1.165, 1.54) is 24.8 Å². The molecule has 1 atom stereocenters. The van der Waals surface area contributed by atoms with Gasteiger partial charge < -0.3 is 14.6 Å². The Hall–Kier alpha value is -1.63. The van der Waals surface area contributed by atoms with Gasteiger partial charge in [-0.2, -0.15) is 4.99 Å². The lowest BCUT2D eigenvalue weighted by Crippen LogP contribution is -2.39. The molecule has 0 unspecified atom stereocenters. The van der Waals surface area contributed by atoms with Crippen LogP contribution in [0.5, 0.6) is 5.75 Å². The number of aromatic nitrogens is 1. The SMILES string of the molecule is COc1ccc(Cl)cc1C(=O)N=c1sc(C(C)(C)C)cn1C[C@@H]1CCCCN1. The molecule has 0 spiro atoms. The third-order valence-electron chi connectivity index (χ3n) is 4.88. The first kappa shape index (κ1) is 21.1. The van der Waals surface area contributed by atoms with Crippen molar-refractivity contribution in [3.05, 3.63) is 44.7 Å². The van der Waals surface area contributed by atoms with Gasteiger partial charge in [-0.1, -0.05) is 38.8 Å². The zero-order valence-corrected chi connectivity index (χ0v) is 18.5. The van der Waals surface area contributed by atoms with Gasteiger partial charge in [0.1, 0.15) is 5.75 Å². The molecular weight excluding hydrogens is 394 g/mol. The van der Waals surface area contributed by atoms with E-state index in [0.717, 1.165) is 19.5 Å². The van der Waals surface area contributed by atoms with Gasteiger partial charge in [0.2, 0.25) is 0 Å². The van der Waals surface area contributed by atoms with Crippen molar-refractivity contribution in [1.29, 1.82) is 0 Å². The molecule has 1 saturated heterocycles. The van der Waals surface area contributed by atoms with Crippen molar-refractivity contribution in [2.24, 2.45) is 4.99 Å². The third-order valence-corrected chi connectivity index (χ3v) is 6.56. The van der Waals surface area contributed by atoms with E-state index in [2.05, 4.69) is 41.8 Å². The molecule has 1 fully saturated rings. The molecule has 7 heteroatoms. The number of benzene rings is 1. The highest BCUT2D eigenvalue weighted by atomic mass is 35.5. The van der Waals surface area contributed by atoms with Crippen LogP contribution in [0.2, 0.25) is 5.02 Å². The van der Waals surface area contributed by atoms with Crippen LogP contribution in [-0.2, 0) is 12.0 Å². The summed E-state index contributed by atoms with van der Waals surface area (Å²) in [5.74, 6) is 0.137. The Labute approximate surface area is 175 Å². The number of hydrogen-bond donors (Lipinski definition) is 1. The number of ether oxygens (including phenoxy) is 1. The molecule has 5 nitrogen and oxygen atoms in total. The van der Waals surface area contributed by atoms with Gasteiger partial charge in [-0.25, -0.2) is 0 Å². The van der Waals surface area contributed by atoms with E-state index in [4.69, 9.17) is 16.3 Å². The summed E-state index contributed by atoms with van der Waals surface area (Å²) in [6, 6.07) is 5.41. The number of hydrogen-bond acceptors (Lipinski definition) is 4. The monoisotopic (exact) mass is 421 g/mol. The summed E-state index contributed by atoms with van der Waals surface area (Å²) in [6.07, 6.45) is 5.74. The molecule has 0 bridgehead atoms. The van der Waals surface area contributed by atoms with E-state index in [9.17, 15) is 4.79 Å². The Kier molecular flexibility index (Phi) is 6.63. The maximum atomic E-state index is 12.9. The number of nitrogens with zero attached hydrogens (tertiary/aromatic N) is 2. The van der Waals surface area contributed by atoms with Gasteiger partial charge in [-0.15, -0.1) is 11.3 Å². The zero-order valence-electron chi connectivity index (χ0n) is 16.9. The number of nitrogens with one attached hydrogen (secondary N) is 1. The first-order valence-corrected chi connectivity index (χ1v) is 10.8. The lowest BCUT2D eigenvalue weighted by atomic mass is 9.95. The van der Waals surface area contributed by atoms with Crippen LogP contribution in [0.4, 0.5) is 0 Å². The average Bonchev–Trinajstić information content (AvgIpc) is 3.05. The van der Waals surface area contributed by atoms with Gasteiger partial charge in [0, 0.05) is 28.7 Å². The number of piperidine rings is 1. The predicted molar refractivity (Wildman–Crippen MR) is 115 cm³/mol. The van der Waals surface area contributed by atoms with Crippen LogP contribution in [0.25, 0.3) is 0 Å². The van der Waals surface area contributed by atoms with Crippen molar-refractivity contribution in [1.82, 2.24) is 9.88 Å². The lowest BCUT2D eigenvalue weighted by Gasteiger charge is -2.23. The fourth-order valence-corrected chi connectivity index (χ4v) is 4.48. The minimum atomic E-state index is -0.341. The molecule has 1 aromatic heterocycles. The van der Waals surface area contributed by atoms with Crippen molar-refractivity contribution in [3.63, 3.8) is 0 Å². The standard InChI is InChI=1S/C21H28ClN3O2S/c1-21(2,3)18-13-25(12-15-7-5-6-10-23-15)20(28-18)24-19(26)16-11-14(22)8-9-17(16)27-4/h8-9,11,13,15,23H,5-7,10,12H2,1-4H3/t15-/m0/s1. The van der Waals surface area contributed by atoms with Crippen LogP contribution in [0.3, 0.4) is 0 Å². The first-order chi connectivity index (χ1) is 13.3. The van der Waals surface area contributed by atoms with Crippen molar-refractivity contribution in [3.8, 4) is 5.75 Å². The van der Waals surface area contributed by atoms with E-state index in [-0.39, 0.29) is 11.3 Å². The molecule has 0 aliphatic carbocycles. The van der Waals surface area contributed by atoms with Crippen molar-refractivity contribution in [2.45, 2.75) is 58.0 Å². The number of methoxy groups -OCH3 is 1. The maximum absolute atomic E-state index is 12.9. The summed E-state index contributed by atoms with van der Waals surface area (Å²) in [7, 11) is 1.54. The Morgan fingerprint density at radius 3 is 2.82 bits per heavy atom. The molecule has 152 valence electrons. The van der Waals surface area contributed by atoms with Gasteiger partial charge in [-0.3, -0.25) is 4.79 Å². The van der Waals surface area contributed by atoms with E-state index in [1.54, 1.807) is 29.5 Å². The van der Waals surface area contributed by atoms with Gasteiger partial charge in [0.25, 0.3) is 5.91 Å². The van der Waals surface area contributed by atoms with Gasteiger partial charge in [0.15, 0.2) is 4.80 Å². The van der Waals surface area contributed by atoms with Crippen molar-refractivity contribution in [2.75, 3.05) is 13.7 Å². The molecule has 0 saturated carbocycles. The fraction of sp³-hybridized carbons (Fsp3) is 0.524. The highest BCUT2D eigenvalue weighted by molar-refractivity contribution is 7.09. The lowest BCUT2D eigenvalue weighted by molar-refractivity contribution is 0.0994. The predicted octanol–water partition coefficient (Wildman–Crippen LogP) is 4.39. The summed E-state index contributed by atoms with van der Waals surface area (Å²) in [6.45, 7) is 8.38. The fourth-order valence-electron chi connectivity index (χ4n) is 3.26. The number of thiazole rings is 1. The Bertz CT molecular complexity index is 905. The number of rotatable bonds is 4. The van der Waals surface area contributed by atoms with Crippen molar-refractivity contribution >= 4 is 28.8 Å². The van der Waals surface area contributed by atoms with Gasteiger partial charge in [-0.05, 0) is 43.0 Å². The first-order valence-electron chi connectivity index (χ1n) is 9.64. The van der Waals surface area contributed by atoms with E-state index in [1.807, 2.05) is 0 Å². The van der Waals surface area contributed by atoms with Crippen LogP contribution in [0.1, 0.15) is 55.3 Å². The highest BCUT2D eigenvalue weighted by Crippen LogP contribution is 2.26. The topological polar surface area (TPSA) is 55.6 Å². The van der Waals surface area contributed by atoms with E-state index in [0.29, 0.717) is 27.2 Å². The number of halogens is 1. The molecule has 1 aliphatic rings. The van der Waals surface area contributed by atoms with Crippen LogP contribution in [0.15, 0.2) is 29.4 Å². The minimum absolute atomic E-state index is 0.00300. The summed E-state index contributed by atoms with van der Waals surface area (Å²) in [5.41, 5.74) is 0.375. The second kappa shape index (κ2) is 8.80. The molecule has 1 aromatic carbocycles. The molecule has 28 heavy (non-hydrogen) atoms. The van der Waals surface area contributed by atoms with Gasteiger partial charge >= 0.3 is 0 Å². The second-order valence-electron chi connectivity index (χ2n) is 8.19. The quantitative estimate of drug-likeness (QED) is 0.796. The maximum Gasteiger partial charge on any atom is 0.283 e. The summed E-state index contributed by atoms with van der Waals surface area (Å²) >= 11 is 7.65. The van der Waals surface area contributed by atoms with Crippen LogP contribution >= 0.6 is 22.9 Å². The van der Waals surface area contributed by atoms with Crippen LogP contribution in [-0.4, -0.2) is 30.2 Å². The second-order valence-corrected chi connectivity index (χ2v) is 9.63. The molecule has 2 aromatic rings. The smallest absolute Gasteiger partial charge is 0.283 e. The Morgan fingerprint density at radius 2 is 2.18 bits per heavy atom. The van der Waals surface area contributed by atoms with E-state index >= 15 is 0 Å². The molecule has 1 aliphatic heterocycles. The number of carbonyl (C=O) groups is 1. The number of amides is 1. The molecular formula is C21H28ClN3O2S. The molecule has 1 N–H and O–H groups in total. The zero-order chi connectivity index (χ0) is 20.3.